The zero-order chi connectivity index (χ0) is 19.8. The zero-order valence-electron chi connectivity index (χ0n) is 15.8. The van der Waals surface area contributed by atoms with Crippen LogP contribution in [0.25, 0.3) is 0 Å². The molecule has 0 aliphatic rings. The summed E-state index contributed by atoms with van der Waals surface area (Å²) in [5.41, 5.74) is 1.67. The average molecular weight is 373 g/mol. The zero-order valence-corrected chi connectivity index (χ0v) is 15.8. The van der Waals surface area contributed by atoms with Gasteiger partial charge in [-0.1, -0.05) is 6.07 Å². The minimum Gasteiger partial charge on any atom is -0.493 e. The third-order valence-electron chi connectivity index (χ3n) is 3.82. The van der Waals surface area contributed by atoms with Crippen LogP contribution in [0, 0.1) is 0 Å². The Morgan fingerprint density at radius 2 is 1.56 bits per heavy atom. The molecule has 0 spiro atoms. The van der Waals surface area contributed by atoms with Crippen LogP contribution in [-0.4, -0.2) is 39.8 Å². The topological polar surface area (TPSA) is 83.1 Å². The number of carbonyl (C=O) groups is 2. The van der Waals surface area contributed by atoms with Crippen molar-refractivity contribution < 1.29 is 28.5 Å². The molecular weight excluding hydrogens is 350 g/mol. The van der Waals surface area contributed by atoms with E-state index in [1.165, 1.54) is 21.3 Å². The molecule has 144 valence electrons. The Bertz CT molecular complexity index is 801. The fourth-order valence-corrected chi connectivity index (χ4v) is 2.58. The summed E-state index contributed by atoms with van der Waals surface area (Å²) in [7, 11) is 4.55. The van der Waals surface area contributed by atoms with Gasteiger partial charge in [0.15, 0.2) is 11.5 Å². The summed E-state index contributed by atoms with van der Waals surface area (Å²) in [6, 6.07) is 9.98. The molecular formula is C20H23NO6. The summed E-state index contributed by atoms with van der Waals surface area (Å²) < 4.78 is 20.9. The highest BCUT2D eigenvalue weighted by molar-refractivity contribution is 5.94. The van der Waals surface area contributed by atoms with E-state index in [0.29, 0.717) is 40.7 Å². The molecule has 0 saturated heterocycles. The molecule has 2 aromatic rings. The number of anilines is 1. The van der Waals surface area contributed by atoms with Gasteiger partial charge in [0.05, 0.1) is 39.9 Å². The lowest BCUT2D eigenvalue weighted by Crippen LogP contribution is -2.15. The molecule has 0 fully saturated rings. The van der Waals surface area contributed by atoms with Crippen LogP contribution in [0.1, 0.15) is 22.8 Å². The minimum atomic E-state index is -0.398. The van der Waals surface area contributed by atoms with Crippen molar-refractivity contribution in [2.24, 2.45) is 0 Å². The van der Waals surface area contributed by atoms with E-state index in [4.69, 9.17) is 18.9 Å². The molecule has 0 aliphatic heterocycles. The lowest BCUT2D eigenvalue weighted by Gasteiger charge is -2.15. The van der Waals surface area contributed by atoms with Gasteiger partial charge in [0, 0.05) is 11.3 Å². The number of esters is 1. The first-order valence-corrected chi connectivity index (χ1v) is 8.38. The van der Waals surface area contributed by atoms with Gasteiger partial charge in [0.1, 0.15) is 0 Å². The van der Waals surface area contributed by atoms with Gasteiger partial charge in [0.2, 0.25) is 11.7 Å². The molecule has 7 heteroatoms. The van der Waals surface area contributed by atoms with Gasteiger partial charge >= 0.3 is 5.97 Å². The number of hydrogen-bond acceptors (Lipinski definition) is 6. The Balaban J connectivity index is 2.11. The second kappa shape index (κ2) is 9.47. The predicted octanol–water partition coefficient (Wildman–Crippen LogP) is 3.07. The Kier molecular flexibility index (Phi) is 7.05. The lowest BCUT2D eigenvalue weighted by atomic mass is 10.1. The van der Waals surface area contributed by atoms with Gasteiger partial charge in [-0.15, -0.1) is 0 Å². The third-order valence-corrected chi connectivity index (χ3v) is 3.82. The van der Waals surface area contributed by atoms with Crippen LogP contribution >= 0.6 is 0 Å². The highest BCUT2D eigenvalue weighted by atomic mass is 16.5. The number of amides is 1. The van der Waals surface area contributed by atoms with Gasteiger partial charge in [-0.2, -0.15) is 0 Å². The van der Waals surface area contributed by atoms with Crippen molar-refractivity contribution in [3.8, 4) is 17.2 Å². The Morgan fingerprint density at radius 1 is 0.889 bits per heavy atom. The number of ether oxygens (including phenoxy) is 4. The maximum absolute atomic E-state index is 12.4. The minimum absolute atomic E-state index is 0.0865. The van der Waals surface area contributed by atoms with Crippen LogP contribution < -0.4 is 19.5 Å². The first-order chi connectivity index (χ1) is 13.0. The van der Waals surface area contributed by atoms with Crippen molar-refractivity contribution in [2.75, 3.05) is 33.3 Å². The predicted molar refractivity (Wildman–Crippen MR) is 101 cm³/mol. The van der Waals surface area contributed by atoms with E-state index >= 15 is 0 Å². The van der Waals surface area contributed by atoms with Crippen molar-refractivity contribution in [3.05, 3.63) is 47.5 Å². The first-order valence-electron chi connectivity index (χ1n) is 8.38. The van der Waals surface area contributed by atoms with E-state index in [-0.39, 0.29) is 12.3 Å². The standard InChI is InChI=1S/C20H23NO6/c1-5-27-20(23)13-6-9-15(10-7-13)21-17(22)12-14-8-11-16(24-2)19(26-4)18(14)25-3/h6-11H,5,12H2,1-4H3,(H,21,22). The van der Waals surface area contributed by atoms with Crippen LogP contribution in [0.2, 0.25) is 0 Å². The Labute approximate surface area is 158 Å². The third kappa shape index (κ3) is 4.91. The quantitative estimate of drug-likeness (QED) is 0.716. The van der Waals surface area contributed by atoms with Gasteiger partial charge in [-0.3, -0.25) is 4.79 Å². The van der Waals surface area contributed by atoms with Crippen LogP contribution in [0.5, 0.6) is 17.2 Å². The molecule has 0 unspecified atom stereocenters. The summed E-state index contributed by atoms with van der Waals surface area (Å²) in [4.78, 5) is 24.1. The number of benzene rings is 2. The first kappa shape index (κ1) is 20.1. The molecule has 0 heterocycles. The monoisotopic (exact) mass is 373 g/mol. The molecule has 1 amide bonds. The highest BCUT2D eigenvalue weighted by Gasteiger charge is 2.18. The molecule has 2 rings (SSSR count). The fraction of sp³-hybridized carbons (Fsp3) is 0.300. The number of hydrogen-bond donors (Lipinski definition) is 1. The van der Waals surface area contributed by atoms with Crippen molar-refractivity contribution in [1.29, 1.82) is 0 Å². The van der Waals surface area contributed by atoms with E-state index in [1.807, 2.05) is 0 Å². The van der Waals surface area contributed by atoms with E-state index in [0.717, 1.165) is 0 Å². The maximum atomic E-state index is 12.4. The number of nitrogens with one attached hydrogen (secondary N) is 1. The van der Waals surface area contributed by atoms with Crippen molar-refractivity contribution in [2.45, 2.75) is 13.3 Å². The summed E-state index contributed by atoms with van der Waals surface area (Å²) >= 11 is 0. The van der Waals surface area contributed by atoms with Gasteiger partial charge in [-0.05, 0) is 37.3 Å². The van der Waals surface area contributed by atoms with Crippen LogP contribution in [0.3, 0.4) is 0 Å². The summed E-state index contributed by atoms with van der Waals surface area (Å²) in [5, 5.41) is 2.79. The van der Waals surface area contributed by atoms with E-state index < -0.39 is 5.97 Å². The lowest BCUT2D eigenvalue weighted by molar-refractivity contribution is -0.115. The Morgan fingerprint density at radius 3 is 2.11 bits per heavy atom. The average Bonchev–Trinajstić information content (AvgIpc) is 2.68. The summed E-state index contributed by atoms with van der Waals surface area (Å²) in [6.45, 7) is 2.05. The molecule has 0 aliphatic carbocycles. The molecule has 0 saturated carbocycles. The number of carbonyl (C=O) groups excluding carboxylic acids is 2. The van der Waals surface area contributed by atoms with E-state index in [1.54, 1.807) is 43.3 Å². The van der Waals surface area contributed by atoms with E-state index in [2.05, 4.69) is 5.32 Å². The number of rotatable bonds is 8. The second-order valence-corrected chi connectivity index (χ2v) is 5.52. The highest BCUT2D eigenvalue weighted by Crippen LogP contribution is 2.39. The largest absolute Gasteiger partial charge is 0.493 e. The molecule has 7 nitrogen and oxygen atoms in total. The van der Waals surface area contributed by atoms with Crippen LogP contribution in [0.15, 0.2) is 36.4 Å². The molecule has 27 heavy (non-hydrogen) atoms. The molecule has 0 aromatic heterocycles. The molecule has 1 N–H and O–H groups in total. The smallest absolute Gasteiger partial charge is 0.338 e. The maximum Gasteiger partial charge on any atom is 0.338 e. The van der Waals surface area contributed by atoms with Crippen LogP contribution in [0.4, 0.5) is 5.69 Å². The molecule has 0 atom stereocenters. The molecule has 0 bridgehead atoms. The summed E-state index contributed by atoms with van der Waals surface area (Å²) in [6.07, 6.45) is 0.0865. The van der Waals surface area contributed by atoms with Gasteiger partial charge < -0.3 is 24.3 Å². The SMILES string of the molecule is CCOC(=O)c1ccc(NC(=O)Cc2ccc(OC)c(OC)c2OC)cc1. The molecule has 2 aromatic carbocycles. The van der Waals surface area contributed by atoms with Gasteiger partial charge in [-0.25, -0.2) is 4.79 Å². The number of methoxy groups -OCH3 is 3. The van der Waals surface area contributed by atoms with Crippen molar-refractivity contribution >= 4 is 17.6 Å². The van der Waals surface area contributed by atoms with Crippen LogP contribution in [-0.2, 0) is 16.0 Å². The van der Waals surface area contributed by atoms with Crippen molar-refractivity contribution in [3.63, 3.8) is 0 Å². The molecule has 0 radical (unpaired) electrons. The van der Waals surface area contributed by atoms with Crippen molar-refractivity contribution in [1.82, 2.24) is 0 Å². The Hall–Kier alpha value is -3.22. The second-order valence-electron chi connectivity index (χ2n) is 5.52. The summed E-state index contributed by atoms with van der Waals surface area (Å²) in [5.74, 6) is 0.775. The van der Waals surface area contributed by atoms with E-state index in [9.17, 15) is 9.59 Å². The fourth-order valence-electron chi connectivity index (χ4n) is 2.58. The normalized spacial score (nSPS) is 10.1. The van der Waals surface area contributed by atoms with Gasteiger partial charge in [0.25, 0.3) is 0 Å².